The molecule has 2 rings (SSSR count). The summed E-state index contributed by atoms with van der Waals surface area (Å²) in [5.74, 6) is 1.59. The van der Waals surface area contributed by atoms with E-state index in [2.05, 4.69) is 44.6 Å². The minimum Gasteiger partial charge on any atom is -0.325 e. The predicted octanol–water partition coefficient (Wildman–Crippen LogP) is 4.33. The van der Waals surface area contributed by atoms with Gasteiger partial charge in [-0.05, 0) is 50.5 Å². The molecule has 0 radical (unpaired) electrons. The van der Waals surface area contributed by atoms with E-state index in [4.69, 9.17) is 10.8 Å². The Kier molecular flexibility index (Phi) is 5.48. The highest BCUT2D eigenvalue weighted by Crippen LogP contribution is 2.36. The fraction of sp³-hybridized carbons (Fsp3) is 0.833. The second-order valence-corrected chi connectivity index (χ2v) is 7.68. The van der Waals surface area contributed by atoms with E-state index < -0.39 is 0 Å². The molecular formula is C18H33N3. The van der Waals surface area contributed by atoms with Crippen LogP contribution in [0.1, 0.15) is 78.0 Å². The second kappa shape index (κ2) is 6.95. The van der Waals surface area contributed by atoms with Crippen molar-refractivity contribution in [3.05, 3.63) is 18.0 Å². The topological polar surface area (TPSA) is 43.8 Å². The van der Waals surface area contributed by atoms with E-state index in [1.165, 1.54) is 31.4 Å². The lowest BCUT2D eigenvalue weighted by Gasteiger charge is -2.38. The standard InChI is InChI=1S/C18H33N3/c1-5-15(4)21-10-8-17(20-21)13-18(19)9-6-7-16(12-18)11-14(2)3/h8,10,14-16H,5-7,9,11-13,19H2,1-4H3. The number of nitrogens with zero attached hydrogens (tertiary/aromatic N) is 2. The molecule has 0 saturated heterocycles. The van der Waals surface area contributed by atoms with Crippen LogP contribution in [0.4, 0.5) is 0 Å². The summed E-state index contributed by atoms with van der Waals surface area (Å²) in [7, 11) is 0. The molecule has 3 atom stereocenters. The minimum absolute atomic E-state index is 0.0353. The third-order valence-corrected chi connectivity index (χ3v) is 5.03. The van der Waals surface area contributed by atoms with Crippen LogP contribution in [0.2, 0.25) is 0 Å². The van der Waals surface area contributed by atoms with E-state index >= 15 is 0 Å². The first kappa shape index (κ1) is 16.5. The summed E-state index contributed by atoms with van der Waals surface area (Å²) in [6.45, 7) is 9.06. The SMILES string of the molecule is CCC(C)n1ccc(CC2(N)CCCC(CC(C)C)C2)n1. The number of nitrogens with two attached hydrogens (primary N) is 1. The van der Waals surface area contributed by atoms with Gasteiger partial charge in [0.15, 0.2) is 0 Å². The molecule has 1 saturated carbocycles. The number of hydrogen-bond donors (Lipinski definition) is 1. The third kappa shape index (κ3) is 4.57. The Bertz CT molecular complexity index is 437. The van der Waals surface area contributed by atoms with E-state index in [0.29, 0.717) is 6.04 Å². The molecule has 0 spiro atoms. The molecule has 21 heavy (non-hydrogen) atoms. The zero-order chi connectivity index (χ0) is 15.5. The van der Waals surface area contributed by atoms with E-state index in [0.717, 1.165) is 31.1 Å². The van der Waals surface area contributed by atoms with Crippen molar-refractivity contribution in [1.29, 1.82) is 0 Å². The van der Waals surface area contributed by atoms with Crippen LogP contribution in [0, 0.1) is 11.8 Å². The molecule has 1 heterocycles. The van der Waals surface area contributed by atoms with Gasteiger partial charge in [0.2, 0.25) is 0 Å². The summed E-state index contributed by atoms with van der Waals surface area (Å²) in [6.07, 6.45) is 10.4. The maximum Gasteiger partial charge on any atom is 0.0643 e. The highest BCUT2D eigenvalue weighted by Gasteiger charge is 2.33. The molecule has 0 amide bonds. The molecular weight excluding hydrogens is 258 g/mol. The first-order valence-corrected chi connectivity index (χ1v) is 8.75. The Morgan fingerprint density at radius 3 is 2.86 bits per heavy atom. The van der Waals surface area contributed by atoms with Gasteiger partial charge in [-0.25, -0.2) is 0 Å². The molecule has 0 aromatic carbocycles. The van der Waals surface area contributed by atoms with E-state index in [9.17, 15) is 0 Å². The quantitative estimate of drug-likeness (QED) is 0.847. The average molecular weight is 291 g/mol. The van der Waals surface area contributed by atoms with Gasteiger partial charge in [0.05, 0.1) is 5.69 Å². The largest absolute Gasteiger partial charge is 0.325 e. The number of hydrogen-bond acceptors (Lipinski definition) is 2. The molecule has 1 aliphatic rings. The van der Waals surface area contributed by atoms with Gasteiger partial charge in [-0.3, -0.25) is 4.68 Å². The van der Waals surface area contributed by atoms with Crippen LogP contribution in [0.25, 0.3) is 0 Å². The van der Waals surface area contributed by atoms with Gasteiger partial charge in [0, 0.05) is 24.2 Å². The summed E-state index contributed by atoms with van der Waals surface area (Å²) >= 11 is 0. The fourth-order valence-corrected chi connectivity index (χ4v) is 3.82. The highest BCUT2D eigenvalue weighted by molar-refractivity contribution is 5.07. The van der Waals surface area contributed by atoms with Crippen LogP contribution in [0.15, 0.2) is 12.3 Å². The monoisotopic (exact) mass is 291 g/mol. The van der Waals surface area contributed by atoms with Crippen molar-refractivity contribution in [2.75, 3.05) is 0 Å². The first-order valence-electron chi connectivity index (χ1n) is 8.75. The Morgan fingerprint density at radius 1 is 1.43 bits per heavy atom. The molecule has 1 aromatic rings. The van der Waals surface area contributed by atoms with Crippen molar-refractivity contribution in [3.63, 3.8) is 0 Å². The summed E-state index contributed by atoms with van der Waals surface area (Å²) in [4.78, 5) is 0. The average Bonchev–Trinajstić information content (AvgIpc) is 2.84. The van der Waals surface area contributed by atoms with E-state index in [1.807, 2.05) is 0 Å². The lowest BCUT2D eigenvalue weighted by molar-refractivity contribution is 0.199. The molecule has 1 aliphatic carbocycles. The first-order chi connectivity index (χ1) is 9.92. The van der Waals surface area contributed by atoms with Crippen LogP contribution < -0.4 is 5.73 Å². The van der Waals surface area contributed by atoms with Gasteiger partial charge < -0.3 is 5.73 Å². The maximum atomic E-state index is 6.73. The smallest absolute Gasteiger partial charge is 0.0643 e. The number of rotatable bonds is 6. The van der Waals surface area contributed by atoms with Crippen LogP contribution >= 0.6 is 0 Å². The lowest BCUT2D eigenvalue weighted by Crippen LogP contribution is -2.46. The Hall–Kier alpha value is -0.830. The van der Waals surface area contributed by atoms with E-state index in [1.54, 1.807) is 0 Å². The summed E-state index contributed by atoms with van der Waals surface area (Å²) < 4.78 is 2.09. The molecule has 3 nitrogen and oxygen atoms in total. The van der Waals surface area contributed by atoms with Crippen molar-refractivity contribution in [3.8, 4) is 0 Å². The van der Waals surface area contributed by atoms with E-state index in [-0.39, 0.29) is 5.54 Å². The molecule has 0 bridgehead atoms. The zero-order valence-electron chi connectivity index (χ0n) is 14.3. The Labute approximate surface area is 130 Å². The molecule has 120 valence electrons. The molecule has 2 N–H and O–H groups in total. The van der Waals surface area contributed by atoms with Crippen molar-refractivity contribution in [1.82, 2.24) is 9.78 Å². The second-order valence-electron chi connectivity index (χ2n) is 7.68. The van der Waals surface area contributed by atoms with Crippen molar-refractivity contribution < 1.29 is 0 Å². The van der Waals surface area contributed by atoms with Gasteiger partial charge in [0.1, 0.15) is 0 Å². The van der Waals surface area contributed by atoms with Crippen LogP contribution in [-0.2, 0) is 6.42 Å². The Morgan fingerprint density at radius 2 is 2.19 bits per heavy atom. The van der Waals surface area contributed by atoms with Crippen molar-refractivity contribution >= 4 is 0 Å². The summed E-state index contributed by atoms with van der Waals surface area (Å²) in [6, 6.07) is 2.64. The minimum atomic E-state index is -0.0353. The molecule has 0 aliphatic heterocycles. The van der Waals surface area contributed by atoms with Crippen LogP contribution in [0.3, 0.4) is 0 Å². The van der Waals surface area contributed by atoms with Gasteiger partial charge in [-0.1, -0.05) is 33.6 Å². The van der Waals surface area contributed by atoms with Gasteiger partial charge in [-0.15, -0.1) is 0 Å². The van der Waals surface area contributed by atoms with Gasteiger partial charge in [-0.2, -0.15) is 5.10 Å². The molecule has 1 fully saturated rings. The number of aromatic nitrogens is 2. The normalized spacial score (nSPS) is 28.0. The summed E-state index contributed by atoms with van der Waals surface area (Å²) in [5, 5.41) is 4.74. The summed E-state index contributed by atoms with van der Waals surface area (Å²) in [5.41, 5.74) is 7.86. The molecule has 3 heteroatoms. The third-order valence-electron chi connectivity index (χ3n) is 5.03. The van der Waals surface area contributed by atoms with Gasteiger partial charge in [0.25, 0.3) is 0 Å². The van der Waals surface area contributed by atoms with Crippen molar-refractivity contribution in [2.24, 2.45) is 17.6 Å². The maximum absolute atomic E-state index is 6.73. The molecule has 1 aromatic heterocycles. The fourth-order valence-electron chi connectivity index (χ4n) is 3.82. The Balaban J connectivity index is 1.98. The van der Waals surface area contributed by atoms with Crippen LogP contribution in [0.5, 0.6) is 0 Å². The van der Waals surface area contributed by atoms with Crippen molar-refractivity contribution in [2.45, 2.75) is 84.2 Å². The van der Waals surface area contributed by atoms with Crippen LogP contribution in [-0.4, -0.2) is 15.3 Å². The van der Waals surface area contributed by atoms with Gasteiger partial charge >= 0.3 is 0 Å². The molecule has 3 unspecified atom stereocenters. The predicted molar refractivity (Wildman–Crippen MR) is 89.3 cm³/mol. The lowest BCUT2D eigenvalue weighted by atomic mass is 9.72. The highest BCUT2D eigenvalue weighted by atomic mass is 15.3. The zero-order valence-corrected chi connectivity index (χ0v) is 14.3.